The van der Waals surface area contributed by atoms with E-state index in [0.29, 0.717) is 24.7 Å². The van der Waals surface area contributed by atoms with Gasteiger partial charge in [-0.2, -0.15) is 0 Å². The van der Waals surface area contributed by atoms with E-state index >= 15 is 0 Å². The highest BCUT2D eigenvalue weighted by molar-refractivity contribution is 5.77. The monoisotopic (exact) mass is 244 g/mol. The summed E-state index contributed by atoms with van der Waals surface area (Å²) in [5.41, 5.74) is -2.97. The minimum Gasteiger partial charge on any atom is -0.479 e. The van der Waals surface area contributed by atoms with Crippen LogP contribution in [-0.4, -0.2) is 32.5 Å². The van der Waals surface area contributed by atoms with E-state index in [-0.39, 0.29) is 0 Å². The summed E-state index contributed by atoms with van der Waals surface area (Å²) in [6.45, 7) is 7.11. The average molecular weight is 244 g/mol. The van der Waals surface area contributed by atoms with Gasteiger partial charge in [0.25, 0.3) is 0 Å². The molecule has 100 valence electrons. The molecule has 4 heteroatoms. The van der Waals surface area contributed by atoms with Crippen molar-refractivity contribution < 1.29 is 20.1 Å². The van der Waals surface area contributed by atoms with Crippen molar-refractivity contribution in [3.05, 3.63) is 0 Å². The Bertz CT molecular complexity index is 294. The molecule has 1 saturated carbocycles. The highest BCUT2D eigenvalue weighted by Crippen LogP contribution is 2.44. The summed E-state index contributed by atoms with van der Waals surface area (Å²) >= 11 is 0. The molecule has 0 radical (unpaired) electrons. The quantitative estimate of drug-likeness (QED) is 0.705. The standard InChI is InChI=1S/C13H24O4/c1-8(2)9-5-6-12(3,16)10(7-9)13(4,17)11(14)15/h8-10,16-17H,5-7H2,1-4H3,(H,14,15). The maximum atomic E-state index is 11.1. The molecule has 0 amide bonds. The number of hydrogen-bond donors (Lipinski definition) is 3. The van der Waals surface area contributed by atoms with Crippen LogP contribution in [0.2, 0.25) is 0 Å². The Hall–Kier alpha value is -0.610. The van der Waals surface area contributed by atoms with Crippen LogP contribution in [0.4, 0.5) is 0 Å². The number of rotatable bonds is 3. The molecule has 4 unspecified atom stereocenters. The minimum absolute atomic E-state index is 0.367. The molecule has 0 aromatic rings. The minimum atomic E-state index is -1.86. The summed E-state index contributed by atoms with van der Waals surface area (Å²) in [5.74, 6) is -1.06. The van der Waals surface area contributed by atoms with Crippen molar-refractivity contribution in [1.29, 1.82) is 0 Å². The molecule has 17 heavy (non-hydrogen) atoms. The molecule has 0 saturated heterocycles. The van der Waals surface area contributed by atoms with Crippen molar-refractivity contribution in [3.8, 4) is 0 Å². The highest BCUT2D eigenvalue weighted by atomic mass is 16.4. The molecular formula is C13H24O4. The van der Waals surface area contributed by atoms with Gasteiger partial charge >= 0.3 is 5.97 Å². The second-order valence-electron chi connectivity index (χ2n) is 6.14. The van der Waals surface area contributed by atoms with Gasteiger partial charge in [-0.05, 0) is 44.9 Å². The van der Waals surface area contributed by atoms with E-state index in [1.165, 1.54) is 6.92 Å². The Morgan fingerprint density at radius 1 is 1.47 bits per heavy atom. The third-order valence-corrected chi connectivity index (χ3v) is 4.36. The van der Waals surface area contributed by atoms with Crippen LogP contribution in [0.25, 0.3) is 0 Å². The zero-order chi connectivity index (χ0) is 13.4. The number of aliphatic carboxylic acids is 1. The molecule has 0 aliphatic heterocycles. The molecule has 1 aliphatic carbocycles. The molecule has 0 bridgehead atoms. The number of carbonyl (C=O) groups is 1. The normalized spacial score (nSPS) is 37.8. The summed E-state index contributed by atoms with van der Waals surface area (Å²) in [5, 5.41) is 29.5. The van der Waals surface area contributed by atoms with Gasteiger partial charge in [0.2, 0.25) is 0 Å². The molecule has 4 atom stereocenters. The summed E-state index contributed by atoms with van der Waals surface area (Å²) in [6, 6.07) is 0. The van der Waals surface area contributed by atoms with Gasteiger partial charge in [-0.1, -0.05) is 13.8 Å². The zero-order valence-electron chi connectivity index (χ0n) is 11.1. The van der Waals surface area contributed by atoms with Crippen molar-refractivity contribution >= 4 is 5.97 Å². The van der Waals surface area contributed by atoms with Crippen LogP contribution < -0.4 is 0 Å². The first kappa shape index (κ1) is 14.5. The van der Waals surface area contributed by atoms with Gasteiger partial charge in [-0.25, -0.2) is 4.79 Å². The molecule has 0 heterocycles. The Morgan fingerprint density at radius 2 is 2.00 bits per heavy atom. The highest BCUT2D eigenvalue weighted by Gasteiger charge is 2.51. The molecule has 4 nitrogen and oxygen atoms in total. The molecule has 1 fully saturated rings. The van der Waals surface area contributed by atoms with Gasteiger partial charge < -0.3 is 15.3 Å². The Balaban J connectivity index is 2.96. The van der Waals surface area contributed by atoms with E-state index in [0.717, 1.165) is 6.42 Å². The topological polar surface area (TPSA) is 77.8 Å². The molecule has 0 aromatic carbocycles. The predicted octanol–water partition coefficient (Wildman–Crippen LogP) is 1.65. The van der Waals surface area contributed by atoms with E-state index in [2.05, 4.69) is 13.8 Å². The van der Waals surface area contributed by atoms with E-state index in [1.54, 1.807) is 6.92 Å². The first-order valence-electron chi connectivity index (χ1n) is 6.27. The van der Waals surface area contributed by atoms with Crippen LogP contribution in [0.3, 0.4) is 0 Å². The third-order valence-electron chi connectivity index (χ3n) is 4.36. The lowest BCUT2D eigenvalue weighted by molar-refractivity contribution is -0.184. The van der Waals surface area contributed by atoms with Crippen molar-refractivity contribution in [1.82, 2.24) is 0 Å². The van der Waals surface area contributed by atoms with E-state index in [9.17, 15) is 15.0 Å². The zero-order valence-corrected chi connectivity index (χ0v) is 11.1. The van der Waals surface area contributed by atoms with Gasteiger partial charge in [-0.3, -0.25) is 0 Å². The fraction of sp³-hybridized carbons (Fsp3) is 0.923. The van der Waals surface area contributed by atoms with E-state index < -0.39 is 23.1 Å². The van der Waals surface area contributed by atoms with Gasteiger partial charge in [-0.15, -0.1) is 0 Å². The van der Waals surface area contributed by atoms with Crippen LogP contribution in [0.15, 0.2) is 0 Å². The number of carboxylic acid groups (broad SMARTS) is 1. The summed E-state index contributed by atoms with van der Waals surface area (Å²) in [4.78, 5) is 11.1. The fourth-order valence-electron chi connectivity index (χ4n) is 2.92. The molecular weight excluding hydrogens is 220 g/mol. The first-order chi connectivity index (χ1) is 7.59. The van der Waals surface area contributed by atoms with E-state index in [1.807, 2.05) is 0 Å². The van der Waals surface area contributed by atoms with E-state index in [4.69, 9.17) is 5.11 Å². The van der Waals surface area contributed by atoms with Gasteiger partial charge in [0.05, 0.1) is 5.60 Å². The van der Waals surface area contributed by atoms with Crippen molar-refractivity contribution in [2.45, 2.75) is 58.2 Å². The smallest absolute Gasteiger partial charge is 0.335 e. The van der Waals surface area contributed by atoms with Gasteiger partial charge in [0.1, 0.15) is 0 Å². The lowest BCUT2D eigenvalue weighted by atomic mass is 9.63. The summed E-state index contributed by atoms with van der Waals surface area (Å²) < 4.78 is 0. The summed E-state index contributed by atoms with van der Waals surface area (Å²) in [6.07, 6.45) is 1.99. The van der Waals surface area contributed by atoms with Crippen LogP contribution in [-0.2, 0) is 4.79 Å². The molecule has 1 rings (SSSR count). The Kier molecular flexibility index (Phi) is 3.89. The Labute approximate surface area is 103 Å². The van der Waals surface area contributed by atoms with Crippen molar-refractivity contribution in [2.24, 2.45) is 17.8 Å². The largest absolute Gasteiger partial charge is 0.479 e. The second kappa shape index (κ2) is 4.58. The SMILES string of the molecule is CC(C)C1CCC(C)(O)C(C(C)(O)C(=O)O)C1. The Morgan fingerprint density at radius 3 is 2.41 bits per heavy atom. The van der Waals surface area contributed by atoms with Gasteiger partial charge in [0.15, 0.2) is 5.60 Å². The molecule has 1 aliphatic rings. The maximum absolute atomic E-state index is 11.1. The number of hydrogen-bond acceptors (Lipinski definition) is 3. The molecule has 0 spiro atoms. The third kappa shape index (κ3) is 2.80. The first-order valence-corrected chi connectivity index (χ1v) is 6.27. The number of carboxylic acids is 1. The van der Waals surface area contributed by atoms with Gasteiger partial charge in [0, 0.05) is 5.92 Å². The molecule has 3 N–H and O–H groups in total. The lowest BCUT2D eigenvalue weighted by Crippen LogP contribution is -2.56. The predicted molar refractivity (Wildman–Crippen MR) is 64.6 cm³/mol. The second-order valence-corrected chi connectivity index (χ2v) is 6.14. The van der Waals surface area contributed by atoms with Crippen LogP contribution in [0, 0.1) is 17.8 Å². The van der Waals surface area contributed by atoms with Crippen LogP contribution in [0.1, 0.15) is 47.0 Å². The lowest BCUT2D eigenvalue weighted by Gasteiger charge is -2.46. The van der Waals surface area contributed by atoms with Crippen molar-refractivity contribution in [3.63, 3.8) is 0 Å². The van der Waals surface area contributed by atoms with Crippen LogP contribution in [0.5, 0.6) is 0 Å². The number of aliphatic hydroxyl groups is 2. The maximum Gasteiger partial charge on any atom is 0.335 e. The van der Waals surface area contributed by atoms with Crippen LogP contribution >= 0.6 is 0 Å². The fourth-order valence-corrected chi connectivity index (χ4v) is 2.92. The van der Waals surface area contributed by atoms with Crippen molar-refractivity contribution in [2.75, 3.05) is 0 Å². The molecule has 0 aromatic heterocycles. The average Bonchev–Trinajstić information content (AvgIpc) is 2.15. The summed E-state index contributed by atoms with van der Waals surface area (Å²) in [7, 11) is 0.